The molecule has 2 unspecified atom stereocenters. The molecular formula is C53H41N. The lowest BCUT2D eigenvalue weighted by atomic mass is 9.60. The Morgan fingerprint density at radius 2 is 1.07 bits per heavy atom. The quantitative estimate of drug-likeness (QED) is 0.195. The normalized spacial score (nSPS) is 17.6. The number of rotatable bonds is 4. The summed E-state index contributed by atoms with van der Waals surface area (Å²) in [6.07, 6.45) is 9.40. The van der Waals surface area contributed by atoms with Crippen LogP contribution in [0.15, 0.2) is 207 Å². The first-order valence-electron chi connectivity index (χ1n) is 18.7. The summed E-state index contributed by atoms with van der Waals surface area (Å²) in [6, 6.07) is 61.0. The summed E-state index contributed by atoms with van der Waals surface area (Å²) in [5, 5.41) is 0. The minimum atomic E-state index is -0.749. The first-order valence-corrected chi connectivity index (χ1v) is 18.7. The lowest BCUT2D eigenvalue weighted by molar-refractivity contribution is 0.790. The number of nitrogens with two attached hydrogens (primary N) is 1. The van der Waals surface area contributed by atoms with Gasteiger partial charge in [-0.25, -0.2) is 0 Å². The maximum absolute atomic E-state index is 6.77. The molecule has 2 atom stereocenters. The summed E-state index contributed by atoms with van der Waals surface area (Å²) in [5.74, 6) is 0. The van der Waals surface area contributed by atoms with Gasteiger partial charge in [-0.2, -0.15) is 0 Å². The van der Waals surface area contributed by atoms with Crippen LogP contribution in [0.1, 0.15) is 50.5 Å². The molecule has 0 heterocycles. The van der Waals surface area contributed by atoms with E-state index < -0.39 is 5.41 Å². The van der Waals surface area contributed by atoms with Crippen molar-refractivity contribution in [2.75, 3.05) is 0 Å². The van der Waals surface area contributed by atoms with Gasteiger partial charge in [-0.05, 0) is 114 Å². The topological polar surface area (TPSA) is 26.0 Å². The van der Waals surface area contributed by atoms with E-state index in [4.69, 9.17) is 18.9 Å². The van der Waals surface area contributed by atoms with Crippen molar-refractivity contribution in [1.82, 2.24) is 0 Å². The van der Waals surface area contributed by atoms with Gasteiger partial charge in [0.1, 0.15) is 0 Å². The van der Waals surface area contributed by atoms with Gasteiger partial charge in [0.2, 0.25) is 0 Å². The molecule has 54 heavy (non-hydrogen) atoms. The predicted molar refractivity (Wildman–Crippen MR) is 228 cm³/mol. The van der Waals surface area contributed by atoms with Crippen molar-refractivity contribution in [3.8, 4) is 33.4 Å². The summed E-state index contributed by atoms with van der Waals surface area (Å²) in [7, 11) is 0. The predicted octanol–water partition coefficient (Wildman–Crippen LogP) is 12.8. The van der Waals surface area contributed by atoms with Gasteiger partial charge < -0.3 is 5.73 Å². The van der Waals surface area contributed by atoms with Crippen LogP contribution in [0.5, 0.6) is 0 Å². The Labute approximate surface area is 318 Å². The van der Waals surface area contributed by atoms with Crippen molar-refractivity contribution in [3.63, 3.8) is 0 Å². The van der Waals surface area contributed by atoms with E-state index in [0.717, 1.165) is 62.1 Å². The molecule has 1 spiro atoms. The highest BCUT2D eigenvalue weighted by molar-refractivity contribution is 5.93. The van der Waals surface area contributed by atoms with Crippen molar-refractivity contribution in [2.45, 2.75) is 17.9 Å². The Morgan fingerprint density at radius 1 is 0.463 bits per heavy atom. The van der Waals surface area contributed by atoms with Gasteiger partial charge in [0.15, 0.2) is 0 Å². The zero-order valence-electron chi connectivity index (χ0n) is 30.3. The molecule has 7 aromatic carbocycles. The fraction of sp³-hybridized carbons (Fsp3) is 0.0566. The fourth-order valence-corrected chi connectivity index (χ4v) is 8.68. The summed E-state index contributed by atoms with van der Waals surface area (Å²) in [6.45, 7) is 9.92. The van der Waals surface area contributed by atoms with Crippen molar-refractivity contribution < 1.29 is 0 Å². The Balaban J connectivity index is 1.26. The first-order chi connectivity index (χ1) is 26.5. The standard InChI is InChI=1S/C53H41N/c1-36-16-6-7-17-38-18-9-13-29-50(38)53(36)37(2)47-26-11-12-28-49(47)48-27-10-8-21-44(48)34-45-31-30-43(35-51(45)53)41-23-14-22-40(32-41)42-24-15-25-46(33-42)52(54)39-19-4-3-5-20-39/h3-33,35,52H,1-2,34,54H2/b16-6-,17-7-. The van der Waals surface area contributed by atoms with Crippen molar-refractivity contribution >= 4 is 11.6 Å². The second kappa shape index (κ2) is 13.8. The highest BCUT2D eigenvalue weighted by atomic mass is 14.6. The molecule has 0 saturated carbocycles. The van der Waals surface area contributed by atoms with Crippen LogP contribution in [0.3, 0.4) is 0 Å². The third kappa shape index (κ3) is 5.62. The summed E-state index contributed by atoms with van der Waals surface area (Å²) in [4.78, 5) is 0. The second-order valence-electron chi connectivity index (χ2n) is 14.4. The molecule has 0 saturated heterocycles. The Hall–Kier alpha value is -6.54. The zero-order valence-corrected chi connectivity index (χ0v) is 30.3. The van der Waals surface area contributed by atoms with Gasteiger partial charge >= 0.3 is 0 Å². The number of allylic oxidation sites excluding steroid dienone is 5. The number of hydrogen-bond donors (Lipinski definition) is 1. The molecule has 0 bridgehead atoms. The lowest BCUT2D eigenvalue weighted by Gasteiger charge is -2.41. The van der Waals surface area contributed by atoms with E-state index in [2.05, 4.69) is 176 Å². The molecule has 0 amide bonds. The summed E-state index contributed by atoms with van der Waals surface area (Å²) >= 11 is 0. The van der Waals surface area contributed by atoms with Crippen molar-refractivity contribution in [3.05, 3.63) is 251 Å². The Morgan fingerprint density at radius 3 is 1.89 bits per heavy atom. The zero-order chi connectivity index (χ0) is 36.6. The van der Waals surface area contributed by atoms with Gasteiger partial charge in [0, 0.05) is 0 Å². The molecule has 1 heteroatoms. The Bertz CT molecular complexity index is 2640. The maximum Gasteiger partial charge on any atom is 0.0704 e. The highest BCUT2D eigenvalue weighted by Crippen LogP contribution is 2.54. The van der Waals surface area contributed by atoms with Crippen molar-refractivity contribution in [2.24, 2.45) is 5.73 Å². The number of hydrogen-bond acceptors (Lipinski definition) is 1. The van der Waals surface area contributed by atoms with E-state index >= 15 is 0 Å². The number of fused-ring (bicyclic) bond motifs is 7. The van der Waals surface area contributed by atoms with Gasteiger partial charge in [-0.1, -0.05) is 189 Å². The van der Waals surface area contributed by atoms with Crippen molar-refractivity contribution in [1.29, 1.82) is 0 Å². The maximum atomic E-state index is 6.77. The average molecular weight is 692 g/mol. The largest absolute Gasteiger partial charge is 0.320 e. The molecule has 2 N–H and O–H groups in total. The molecule has 258 valence electrons. The molecular weight excluding hydrogens is 651 g/mol. The third-order valence-corrected chi connectivity index (χ3v) is 11.4. The summed E-state index contributed by atoms with van der Waals surface area (Å²) < 4.78 is 0. The molecule has 0 aliphatic heterocycles. The van der Waals surface area contributed by atoms with Gasteiger partial charge in [-0.3, -0.25) is 0 Å². The van der Waals surface area contributed by atoms with E-state index in [1.165, 1.54) is 33.4 Å². The number of benzene rings is 7. The first kappa shape index (κ1) is 33.3. The Kier molecular flexibility index (Phi) is 8.50. The highest BCUT2D eigenvalue weighted by Gasteiger charge is 2.44. The molecule has 9 rings (SSSR count). The van der Waals surface area contributed by atoms with Gasteiger partial charge in [-0.15, -0.1) is 0 Å². The van der Waals surface area contributed by atoms with E-state index in [9.17, 15) is 0 Å². The molecule has 2 aliphatic rings. The van der Waals surface area contributed by atoms with Crippen LogP contribution in [0.25, 0.3) is 45.0 Å². The molecule has 1 nitrogen and oxygen atoms in total. The van der Waals surface area contributed by atoms with Crippen LogP contribution in [0.2, 0.25) is 0 Å². The van der Waals surface area contributed by atoms with E-state index in [1.807, 2.05) is 18.2 Å². The third-order valence-electron chi connectivity index (χ3n) is 11.4. The molecule has 7 aromatic rings. The second-order valence-corrected chi connectivity index (χ2v) is 14.4. The smallest absolute Gasteiger partial charge is 0.0704 e. The SMILES string of the molecule is C=C1/C=C\C=C/c2ccccc2C12C(=C)c1ccccc1-c1ccccc1Cc1ccc(-c3cccc(-c4cccc(C(N)c5ccccc5)c4)c3)cc12. The summed E-state index contributed by atoms with van der Waals surface area (Å²) in [5.41, 5.74) is 24.5. The molecule has 0 radical (unpaired) electrons. The van der Waals surface area contributed by atoms with E-state index in [1.54, 1.807) is 0 Å². The monoisotopic (exact) mass is 691 g/mol. The van der Waals surface area contributed by atoms with E-state index in [0.29, 0.717) is 0 Å². The molecule has 2 aliphatic carbocycles. The van der Waals surface area contributed by atoms with Crippen LogP contribution < -0.4 is 5.73 Å². The minimum absolute atomic E-state index is 0.199. The average Bonchev–Trinajstić information content (AvgIpc) is 3.26. The van der Waals surface area contributed by atoms with Gasteiger partial charge in [0.25, 0.3) is 0 Å². The van der Waals surface area contributed by atoms with E-state index in [-0.39, 0.29) is 6.04 Å². The fourth-order valence-electron chi connectivity index (χ4n) is 8.68. The van der Waals surface area contributed by atoms with Gasteiger partial charge in [0.05, 0.1) is 11.5 Å². The molecule has 0 aromatic heterocycles. The minimum Gasteiger partial charge on any atom is -0.320 e. The van der Waals surface area contributed by atoms with Crippen LogP contribution in [0.4, 0.5) is 0 Å². The van der Waals surface area contributed by atoms with Crippen LogP contribution in [0, 0.1) is 0 Å². The van der Waals surface area contributed by atoms with Crippen LogP contribution in [-0.4, -0.2) is 0 Å². The lowest BCUT2D eigenvalue weighted by Crippen LogP contribution is -2.33. The van der Waals surface area contributed by atoms with Crippen LogP contribution in [-0.2, 0) is 11.8 Å². The van der Waals surface area contributed by atoms with Crippen LogP contribution >= 0.6 is 0 Å². The molecule has 0 fully saturated rings.